The molecule has 0 radical (unpaired) electrons. The fraction of sp³-hybridized carbons (Fsp3) is 0.625. The average Bonchev–Trinajstić information content (AvgIpc) is 3.06. The van der Waals surface area contributed by atoms with Gasteiger partial charge in [-0.2, -0.15) is 0 Å². The van der Waals surface area contributed by atoms with Gasteiger partial charge in [-0.05, 0) is 38.7 Å². The summed E-state index contributed by atoms with van der Waals surface area (Å²) in [6.07, 6.45) is 1.10. The van der Waals surface area contributed by atoms with Gasteiger partial charge in [-0.1, -0.05) is 0 Å². The van der Waals surface area contributed by atoms with Crippen LogP contribution in [0.3, 0.4) is 0 Å². The molecule has 0 aromatic heterocycles. The lowest BCUT2D eigenvalue weighted by Crippen LogP contribution is -2.38. The first-order valence-electron chi connectivity index (χ1n) is 7.36. The van der Waals surface area contributed by atoms with Crippen molar-refractivity contribution in [2.24, 2.45) is 0 Å². The van der Waals surface area contributed by atoms with E-state index in [1.54, 1.807) is 14.2 Å². The SMILES string of the molecule is CNC(CN(C)C1CCOC1)c1cc(OC)ccc1OC. The van der Waals surface area contributed by atoms with Crippen LogP contribution in [0.25, 0.3) is 0 Å². The summed E-state index contributed by atoms with van der Waals surface area (Å²) in [6.45, 7) is 2.58. The first-order valence-corrected chi connectivity index (χ1v) is 7.36. The van der Waals surface area contributed by atoms with Crippen molar-refractivity contribution in [1.29, 1.82) is 0 Å². The molecule has 0 bridgehead atoms. The third-order valence-corrected chi connectivity index (χ3v) is 4.16. The molecule has 5 nitrogen and oxygen atoms in total. The fourth-order valence-corrected chi connectivity index (χ4v) is 2.76. The molecule has 0 aliphatic carbocycles. The Morgan fingerprint density at radius 2 is 2.19 bits per heavy atom. The lowest BCUT2D eigenvalue weighted by atomic mass is 10.0. The highest BCUT2D eigenvalue weighted by Crippen LogP contribution is 2.30. The second-order valence-electron chi connectivity index (χ2n) is 5.41. The zero-order valence-corrected chi connectivity index (χ0v) is 13.4. The molecule has 5 heteroatoms. The Hall–Kier alpha value is -1.30. The Kier molecular flexibility index (Phi) is 5.85. The van der Waals surface area contributed by atoms with E-state index in [1.165, 1.54) is 0 Å². The van der Waals surface area contributed by atoms with Gasteiger partial charge in [-0.25, -0.2) is 0 Å². The lowest BCUT2D eigenvalue weighted by molar-refractivity contribution is 0.153. The number of rotatable bonds is 7. The lowest BCUT2D eigenvalue weighted by Gasteiger charge is -2.29. The predicted octanol–water partition coefficient (Wildman–Crippen LogP) is 1.68. The minimum absolute atomic E-state index is 0.181. The van der Waals surface area contributed by atoms with Crippen LogP contribution < -0.4 is 14.8 Å². The zero-order chi connectivity index (χ0) is 15.2. The van der Waals surface area contributed by atoms with E-state index in [1.807, 2.05) is 25.2 Å². The molecule has 1 aromatic rings. The van der Waals surface area contributed by atoms with E-state index >= 15 is 0 Å². The van der Waals surface area contributed by atoms with Gasteiger partial charge in [0.2, 0.25) is 0 Å². The van der Waals surface area contributed by atoms with E-state index in [4.69, 9.17) is 14.2 Å². The molecule has 1 fully saturated rings. The second-order valence-corrected chi connectivity index (χ2v) is 5.41. The smallest absolute Gasteiger partial charge is 0.123 e. The standard InChI is InChI=1S/C16H26N2O3/c1-17-15(10-18(2)12-7-8-21-11-12)14-9-13(19-3)5-6-16(14)20-4/h5-6,9,12,15,17H,7-8,10-11H2,1-4H3. The van der Waals surface area contributed by atoms with Gasteiger partial charge in [0.25, 0.3) is 0 Å². The molecular weight excluding hydrogens is 268 g/mol. The number of hydrogen-bond donors (Lipinski definition) is 1. The summed E-state index contributed by atoms with van der Waals surface area (Å²) in [7, 11) is 7.51. The Bertz CT molecular complexity index is 447. The summed E-state index contributed by atoms with van der Waals surface area (Å²) in [5.41, 5.74) is 1.12. The molecule has 0 saturated carbocycles. The quantitative estimate of drug-likeness (QED) is 0.829. The number of nitrogens with zero attached hydrogens (tertiary/aromatic N) is 1. The minimum atomic E-state index is 0.181. The van der Waals surface area contributed by atoms with Crippen LogP contribution in [0.2, 0.25) is 0 Å². The molecular formula is C16H26N2O3. The van der Waals surface area contributed by atoms with Crippen LogP contribution in [0.1, 0.15) is 18.0 Å². The molecule has 118 valence electrons. The normalized spacial score (nSPS) is 19.8. The van der Waals surface area contributed by atoms with E-state index in [0.717, 1.165) is 43.2 Å². The molecule has 2 unspecified atom stereocenters. The van der Waals surface area contributed by atoms with Gasteiger partial charge in [0.1, 0.15) is 11.5 Å². The minimum Gasteiger partial charge on any atom is -0.497 e. The van der Waals surface area contributed by atoms with Gasteiger partial charge in [0.05, 0.1) is 20.8 Å². The maximum atomic E-state index is 5.50. The van der Waals surface area contributed by atoms with Crippen molar-refractivity contribution in [1.82, 2.24) is 10.2 Å². The van der Waals surface area contributed by atoms with Crippen LogP contribution in [-0.4, -0.2) is 59.0 Å². The van der Waals surface area contributed by atoms with Crippen molar-refractivity contribution < 1.29 is 14.2 Å². The first kappa shape index (κ1) is 16.1. The summed E-state index contributed by atoms with van der Waals surface area (Å²) in [6, 6.07) is 6.60. The second kappa shape index (κ2) is 7.64. The number of benzene rings is 1. The van der Waals surface area contributed by atoms with Crippen molar-refractivity contribution in [3.63, 3.8) is 0 Å². The fourth-order valence-electron chi connectivity index (χ4n) is 2.76. The maximum absolute atomic E-state index is 5.50. The Morgan fingerprint density at radius 3 is 2.76 bits per heavy atom. The van der Waals surface area contributed by atoms with Crippen LogP contribution in [0, 0.1) is 0 Å². The molecule has 1 aromatic carbocycles. The monoisotopic (exact) mass is 294 g/mol. The molecule has 2 rings (SSSR count). The third kappa shape index (κ3) is 3.87. The van der Waals surface area contributed by atoms with Crippen LogP contribution in [0.5, 0.6) is 11.5 Å². The molecule has 0 amide bonds. The Balaban J connectivity index is 2.15. The van der Waals surface area contributed by atoms with Crippen molar-refractivity contribution in [2.75, 3.05) is 48.1 Å². The molecule has 0 spiro atoms. The molecule has 1 saturated heterocycles. The van der Waals surface area contributed by atoms with Gasteiger partial charge < -0.3 is 19.5 Å². The van der Waals surface area contributed by atoms with Crippen LogP contribution >= 0.6 is 0 Å². The highest BCUT2D eigenvalue weighted by atomic mass is 16.5. The first-order chi connectivity index (χ1) is 10.2. The number of nitrogens with one attached hydrogen (secondary N) is 1. The van der Waals surface area contributed by atoms with Gasteiger partial charge >= 0.3 is 0 Å². The van der Waals surface area contributed by atoms with Gasteiger partial charge in [-0.3, -0.25) is 4.90 Å². The molecule has 2 atom stereocenters. The highest BCUT2D eigenvalue weighted by Gasteiger charge is 2.24. The van der Waals surface area contributed by atoms with Crippen LogP contribution in [0.15, 0.2) is 18.2 Å². The van der Waals surface area contributed by atoms with Gasteiger partial charge in [0, 0.05) is 30.8 Å². The number of methoxy groups -OCH3 is 2. The molecule has 1 heterocycles. The predicted molar refractivity (Wildman–Crippen MR) is 83.2 cm³/mol. The van der Waals surface area contributed by atoms with Crippen molar-refractivity contribution >= 4 is 0 Å². The summed E-state index contributed by atoms with van der Waals surface area (Å²) in [5.74, 6) is 1.73. The van der Waals surface area contributed by atoms with Crippen LogP contribution in [0.4, 0.5) is 0 Å². The summed E-state index contributed by atoms with van der Waals surface area (Å²) in [5, 5.41) is 3.38. The van der Waals surface area contributed by atoms with E-state index in [2.05, 4.69) is 17.3 Å². The summed E-state index contributed by atoms with van der Waals surface area (Å²) in [4.78, 5) is 2.35. The zero-order valence-electron chi connectivity index (χ0n) is 13.4. The molecule has 21 heavy (non-hydrogen) atoms. The number of hydrogen-bond acceptors (Lipinski definition) is 5. The topological polar surface area (TPSA) is 43.0 Å². The van der Waals surface area contributed by atoms with Crippen molar-refractivity contribution in [3.8, 4) is 11.5 Å². The highest BCUT2D eigenvalue weighted by molar-refractivity contribution is 5.42. The molecule has 1 aliphatic rings. The Labute approximate surface area is 127 Å². The van der Waals surface area contributed by atoms with Crippen LogP contribution in [-0.2, 0) is 4.74 Å². The summed E-state index contributed by atoms with van der Waals surface area (Å²) >= 11 is 0. The largest absolute Gasteiger partial charge is 0.497 e. The van der Waals surface area contributed by atoms with Gasteiger partial charge in [0.15, 0.2) is 0 Å². The number of ether oxygens (including phenoxy) is 3. The number of likely N-dealkylation sites (N-methyl/N-ethyl adjacent to an activating group) is 2. The Morgan fingerprint density at radius 1 is 1.38 bits per heavy atom. The molecule has 1 N–H and O–H groups in total. The van der Waals surface area contributed by atoms with Crippen molar-refractivity contribution in [3.05, 3.63) is 23.8 Å². The third-order valence-electron chi connectivity index (χ3n) is 4.16. The van der Waals surface area contributed by atoms with E-state index in [9.17, 15) is 0 Å². The van der Waals surface area contributed by atoms with E-state index in [-0.39, 0.29) is 6.04 Å². The maximum Gasteiger partial charge on any atom is 0.123 e. The summed E-state index contributed by atoms with van der Waals surface area (Å²) < 4.78 is 16.3. The average molecular weight is 294 g/mol. The molecule has 1 aliphatic heterocycles. The van der Waals surface area contributed by atoms with Crippen molar-refractivity contribution in [2.45, 2.75) is 18.5 Å². The van der Waals surface area contributed by atoms with E-state index in [0.29, 0.717) is 6.04 Å². The van der Waals surface area contributed by atoms with Gasteiger partial charge in [-0.15, -0.1) is 0 Å². The van der Waals surface area contributed by atoms with E-state index < -0.39 is 0 Å².